The number of alkyl halides is 2. The van der Waals surface area contributed by atoms with E-state index >= 15 is 0 Å². The second-order valence-corrected chi connectivity index (χ2v) is 10.5. The molecule has 4 rings (SSSR count). The van der Waals surface area contributed by atoms with E-state index < -0.39 is 18.4 Å². The predicted octanol–water partition coefficient (Wildman–Crippen LogP) is 3.04. The van der Waals surface area contributed by atoms with Gasteiger partial charge in [-0.1, -0.05) is 19.3 Å². The SMILES string of the molecule is C.CN1CCCC1=O.COC1=CN(C)C(C(F)F)C=C1c1cc(OC)ncc1C(=O)NCSC(C#CC1CC1)NN. The van der Waals surface area contributed by atoms with Crippen molar-refractivity contribution in [3.63, 3.8) is 0 Å². The highest BCUT2D eigenvalue weighted by molar-refractivity contribution is 8.00. The van der Waals surface area contributed by atoms with Crippen molar-refractivity contribution in [1.82, 2.24) is 25.5 Å². The number of methoxy groups -OCH3 is 2. The van der Waals surface area contributed by atoms with Crippen molar-refractivity contribution >= 4 is 29.1 Å². The van der Waals surface area contributed by atoms with Crippen LogP contribution in [0.3, 0.4) is 0 Å². The van der Waals surface area contributed by atoms with E-state index in [2.05, 4.69) is 27.6 Å². The Labute approximate surface area is 245 Å². The van der Waals surface area contributed by atoms with Gasteiger partial charge in [-0.15, -0.1) is 11.8 Å². The lowest BCUT2D eigenvalue weighted by atomic mass is 9.95. The first-order chi connectivity index (χ1) is 19.2. The molecule has 41 heavy (non-hydrogen) atoms. The van der Waals surface area contributed by atoms with Crippen LogP contribution in [0.2, 0.25) is 0 Å². The number of rotatable bonds is 9. The van der Waals surface area contributed by atoms with E-state index in [9.17, 15) is 18.4 Å². The Hall–Kier alpha value is -3.34. The summed E-state index contributed by atoms with van der Waals surface area (Å²) >= 11 is 1.33. The summed E-state index contributed by atoms with van der Waals surface area (Å²) in [6.07, 6.45) is 5.60. The number of thioether (sulfide) groups is 1. The molecule has 1 aromatic heterocycles. The monoisotopic (exact) mass is 594 g/mol. The summed E-state index contributed by atoms with van der Waals surface area (Å²) in [4.78, 5) is 30.7. The van der Waals surface area contributed by atoms with Crippen LogP contribution in [0.1, 0.15) is 49.0 Å². The number of pyridine rings is 1. The molecule has 1 saturated carbocycles. The number of nitrogens with two attached hydrogens (primary N) is 1. The minimum absolute atomic E-state index is 0. The van der Waals surface area contributed by atoms with Gasteiger partial charge in [0.05, 0.1) is 25.7 Å². The third-order valence-corrected chi connectivity index (χ3v) is 7.33. The number of hydrogen-bond donors (Lipinski definition) is 3. The van der Waals surface area contributed by atoms with Crippen molar-refractivity contribution in [2.45, 2.75) is 51.0 Å². The van der Waals surface area contributed by atoms with Gasteiger partial charge < -0.3 is 24.6 Å². The van der Waals surface area contributed by atoms with Crippen LogP contribution in [0.15, 0.2) is 30.3 Å². The lowest BCUT2D eigenvalue weighted by Crippen LogP contribution is -2.35. The maximum absolute atomic E-state index is 13.6. The van der Waals surface area contributed by atoms with Crippen LogP contribution in [0.4, 0.5) is 8.78 Å². The zero-order valence-corrected chi connectivity index (χ0v) is 23.9. The number of amides is 2. The summed E-state index contributed by atoms with van der Waals surface area (Å²) in [5.74, 6) is 12.8. The van der Waals surface area contributed by atoms with E-state index in [1.54, 1.807) is 4.90 Å². The number of likely N-dealkylation sites (tertiary alicyclic amines) is 1. The molecule has 3 heterocycles. The molecular formula is C28H40F2N6O4S. The Morgan fingerprint density at radius 1 is 1.29 bits per heavy atom. The average Bonchev–Trinajstić information content (AvgIpc) is 3.71. The van der Waals surface area contributed by atoms with Gasteiger partial charge in [-0.05, 0) is 25.3 Å². The smallest absolute Gasteiger partial charge is 0.262 e. The lowest BCUT2D eigenvalue weighted by molar-refractivity contribution is -0.126. The zero-order chi connectivity index (χ0) is 29.2. The number of hydrogen-bond acceptors (Lipinski definition) is 9. The predicted molar refractivity (Wildman–Crippen MR) is 157 cm³/mol. The highest BCUT2D eigenvalue weighted by Gasteiger charge is 2.30. The fourth-order valence-electron chi connectivity index (χ4n) is 3.92. The summed E-state index contributed by atoms with van der Waals surface area (Å²) in [5.41, 5.74) is 3.54. The van der Waals surface area contributed by atoms with E-state index in [-0.39, 0.29) is 30.1 Å². The van der Waals surface area contributed by atoms with E-state index in [1.165, 1.54) is 62.5 Å². The molecule has 3 aliphatic rings. The molecule has 10 nitrogen and oxygen atoms in total. The molecule has 2 unspecified atom stereocenters. The molecule has 226 valence electrons. The van der Waals surface area contributed by atoms with Crippen LogP contribution >= 0.6 is 11.8 Å². The van der Waals surface area contributed by atoms with Crippen LogP contribution in [-0.2, 0) is 9.53 Å². The molecule has 13 heteroatoms. The average molecular weight is 595 g/mol. The number of halogens is 2. The Balaban J connectivity index is 0.000000641. The van der Waals surface area contributed by atoms with Gasteiger partial charge in [-0.2, -0.15) is 0 Å². The molecule has 1 saturated heterocycles. The topological polar surface area (TPSA) is 122 Å². The summed E-state index contributed by atoms with van der Waals surface area (Å²) in [7, 11) is 6.25. The number of carbonyl (C=O) groups is 2. The highest BCUT2D eigenvalue weighted by Crippen LogP contribution is 2.34. The number of allylic oxidation sites excluding steroid dienone is 1. The van der Waals surface area contributed by atoms with Gasteiger partial charge in [0.2, 0.25) is 11.8 Å². The summed E-state index contributed by atoms with van der Waals surface area (Å²) in [6, 6.07) is 0.353. The number of nitrogens with one attached hydrogen (secondary N) is 2. The van der Waals surface area contributed by atoms with Crippen molar-refractivity contribution < 1.29 is 27.8 Å². The summed E-state index contributed by atoms with van der Waals surface area (Å²) in [5, 5.41) is 2.47. The van der Waals surface area contributed by atoms with Gasteiger partial charge in [0.1, 0.15) is 17.2 Å². The summed E-state index contributed by atoms with van der Waals surface area (Å²) < 4.78 is 37.8. The first-order valence-electron chi connectivity index (χ1n) is 12.8. The second-order valence-electron chi connectivity index (χ2n) is 9.39. The molecule has 1 aromatic rings. The minimum atomic E-state index is -2.63. The standard InChI is InChI=1S/C22H27F2N5O3S.C5H9NO.CH4/c1-29-11-18(31-2)15(8-17(29)21(23)24)14-9-19(32-3)26-10-16(14)22(30)27-12-33-20(28-25)7-6-13-4-5-13;1-6-4-2-3-5(6)7;/h8-11,13,17,20-21,28H,4-5,12,25H2,1-3H3,(H,27,30);2-4H2,1H3;1H4. The largest absolute Gasteiger partial charge is 0.495 e. The molecule has 0 aromatic carbocycles. The van der Waals surface area contributed by atoms with Crippen LogP contribution in [-0.4, -0.2) is 85.2 Å². The Bertz CT molecular complexity index is 1180. The van der Waals surface area contributed by atoms with Crippen LogP contribution in [0.5, 0.6) is 5.88 Å². The maximum atomic E-state index is 13.6. The van der Waals surface area contributed by atoms with Gasteiger partial charge >= 0.3 is 0 Å². The van der Waals surface area contributed by atoms with Gasteiger partial charge in [0.25, 0.3) is 12.3 Å². The van der Waals surface area contributed by atoms with Crippen LogP contribution in [0, 0.1) is 17.8 Å². The van der Waals surface area contributed by atoms with Gasteiger partial charge in [0, 0.05) is 62.6 Å². The van der Waals surface area contributed by atoms with Crippen LogP contribution < -0.4 is 21.3 Å². The Kier molecular flexibility index (Phi) is 13.4. The third-order valence-electron chi connectivity index (χ3n) is 6.43. The van der Waals surface area contributed by atoms with Crippen molar-refractivity contribution in [3.8, 4) is 17.7 Å². The van der Waals surface area contributed by atoms with E-state index in [0.29, 0.717) is 28.7 Å². The number of nitrogens with zero attached hydrogens (tertiary/aromatic N) is 3. The van der Waals surface area contributed by atoms with Crippen molar-refractivity contribution in [1.29, 1.82) is 0 Å². The minimum Gasteiger partial charge on any atom is -0.495 e. The highest BCUT2D eigenvalue weighted by atomic mass is 32.2. The number of hydrazine groups is 1. The first-order valence-corrected chi connectivity index (χ1v) is 13.9. The number of ether oxygens (including phenoxy) is 2. The van der Waals surface area contributed by atoms with Gasteiger partial charge in [-0.3, -0.25) is 15.4 Å². The number of aromatic nitrogens is 1. The van der Waals surface area contributed by atoms with E-state index in [1.807, 2.05) is 7.05 Å². The van der Waals surface area contributed by atoms with Gasteiger partial charge in [0.15, 0.2) is 0 Å². The molecule has 0 bridgehead atoms. The van der Waals surface area contributed by atoms with Crippen molar-refractivity contribution in [2.24, 2.45) is 11.8 Å². The second kappa shape index (κ2) is 16.2. The van der Waals surface area contributed by atoms with Crippen molar-refractivity contribution in [3.05, 3.63) is 41.4 Å². The molecule has 0 spiro atoms. The number of likely N-dealkylation sites (N-methyl/N-ethyl adjacent to an activating group) is 1. The zero-order valence-electron chi connectivity index (χ0n) is 23.1. The third kappa shape index (κ3) is 9.62. The maximum Gasteiger partial charge on any atom is 0.262 e. The Morgan fingerprint density at radius 3 is 2.54 bits per heavy atom. The van der Waals surface area contributed by atoms with E-state index in [4.69, 9.17) is 15.3 Å². The Morgan fingerprint density at radius 2 is 2.02 bits per heavy atom. The molecule has 2 atom stereocenters. The molecule has 1 aliphatic carbocycles. The molecule has 2 aliphatic heterocycles. The first kappa shape index (κ1) is 33.9. The molecule has 2 fully saturated rings. The molecular weight excluding hydrogens is 554 g/mol. The molecule has 2 amide bonds. The number of carbonyl (C=O) groups excluding carboxylic acids is 2. The van der Waals surface area contributed by atoms with Gasteiger partial charge in [-0.25, -0.2) is 19.2 Å². The summed E-state index contributed by atoms with van der Waals surface area (Å²) in [6.45, 7) is 0.957. The quantitative estimate of drug-likeness (QED) is 0.171. The van der Waals surface area contributed by atoms with E-state index in [0.717, 1.165) is 32.2 Å². The normalized spacial score (nSPS) is 18.6. The molecule has 4 N–H and O–H groups in total. The van der Waals surface area contributed by atoms with Crippen molar-refractivity contribution in [2.75, 3.05) is 40.7 Å². The van der Waals surface area contributed by atoms with Crippen LogP contribution in [0.25, 0.3) is 5.57 Å². The fourth-order valence-corrected chi connectivity index (χ4v) is 4.55. The molecule has 0 radical (unpaired) electrons. The lowest BCUT2D eigenvalue weighted by Gasteiger charge is -2.30. The fraction of sp³-hybridized carbons (Fsp3) is 0.536.